The smallest absolute Gasteiger partial charge is 0.212 e. The molecule has 0 radical (unpaired) electrons. The fourth-order valence-corrected chi connectivity index (χ4v) is 1.23. The zero-order valence-corrected chi connectivity index (χ0v) is 8.05. The van der Waals surface area contributed by atoms with E-state index in [0.717, 1.165) is 25.2 Å². The second-order valence-electron chi connectivity index (χ2n) is 3.11. The summed E-state index contributed by atoms with van der Waals surface area (Å²) in [5.74, 6) is 0.646. The summed E-state index contributed by atoms with van der Waals surface area (Å²) in [6, 6.07) is 0. The van der Waals surface area contributed by atoms with Crippen molar-refractivity contribution in [2.75, 3.05) is 13.1 Å². The lowest BCUT2D eigenvalue weighted by Crippen LogP contribution is -2.26. The maximum Gasteiger partial charge on any atom is 0.212 e. The zero-order valence-electron chi connectivity index (χ0n) is 8.05. The van der Waals surface area contributed by atoms with E-state index >= 15 is 0 Å². The quantitative estimate of drug-likeness (QED) is 0.368. The third-order valence-corrected chi connectivity index (χ3v) is 2.03. The van der Waals surface area contributed by atoms with Crippen molar-refractivity contribution in [1.82, 2.24) is 10.6 Å². The number of hydrogen-bond donors (Lipinski definition) is 2. The maximum atomic E-state index is 10.1. The number of carbonyl (C=O) groups excluding carboxylic acids is 1. The number of carbonyl (C=O) groups is 1. The summed E-state index contributed by atoms with van der Waals surface area (Å²) in [4.78, 5) is 14.4. The summed E-state index contributed by atoms with van der Waals surface area (Å²) >= 11 is 0. The van der Waals surface area contributed by atoms with Crippen molar-refractivity contribution in [3.8, 4) is 0 Å². The Labute approximate surface area is 78.1 Å². The van der Waals surface area contributed by atoms with Crippen LogP contribution in [0.15, 0.2) is 16.3 Å². The molecule has 1 aliphatic rings. The van der Waals surface area contributed by atoms with Crippen LogP contribution in [0.1, 0.15) is 20.3 Å². The first-order valence-corrected chi connectivity index (χ1v) is 4.39. The van der Waals surface area contributed by atoms with Crippen LogP contribution in [0.2, 0.25) is 0 Å². The molecule has 0 unspecified atom stereocenters. The second-order valence-corrected chi connectivity index (χ2v) is 3.11. The van der Waals surface area contributed by atoms with E-state index in [2.05, 4.69) is 22.5 Å². The van der Waals surface area contributed by atoms with E-state index < -0.39 is 0 Å². The molecule has 4 nitrogen and oxygen atoms in total. The first-order valence-electron chi connectivity index (χ1n) is 4.39. The van der Waals surface area contributed by atoms with Crippen molar-refractivity contribution in [3.63, 3.8) is 0 Å². The molecule has 1 aliphatic heterocycles. The topological polar surface area (TPSA) is 53.5 Å². The van der Waals surface area contributed by atoms with Crippen LogP contribution in [-0.2, 0) is 4.79 Å². The number of nitrogens with zero attached hydrogens (tertiary/aromatic N) is 1. The first-order chi connectivity index (χ1) is 6.24. The Morgan fingerprint density at radius 1 is 1.69 bits per heavy atom. The maximum absolute atomic E-state index is 10.1. The predicted molar refractivity (Wildman–Crippen MR) is 52.5 cm³/mol. The Hall–Kier alpha value is -1.16. The van der Waals surface area contributed by atoms with Gasteiger partial charge in [0, 0.05) is 6.54 Å². The number of amidine groups is 1. The molecule has 0 saturated heterocycles. The van der Waals surface area contributed by atoms with E-state index in [0.29, 0.717) is 12.2 Å². The summed E-state index contributed by atoms with van der Waals surface area (Å²) in [5.41, 5.74) is 2.34. The molecule has 0 bridgehead atoms. The van der Waals surface area contributed by atoms with Crippen LogP contribution in [0.3, 0.4) is 0 Å². The lowest BCUT2D eigenvalue weighted by Gasteiger charge is -2.15. The van der Waals surface area contributed by atoms with Crippen molar-refractivity contribution >= 4 is 12.2 Å². The summed E-state index contributed by atoms with van der Waals surface area (Å²) in [6.07, 6.45) is 1.68. The molecule has 0 fully saturated rings. The average molecular weight is 181 g/mol. The first kappa shape index (κ1) is 9.92. The van der Waals surface area contributed by atoms with Crippen LogP contribution in [-0.4, -0.2) is 25.3 Å². The van der Waals surface area contributed by atoms with Crippen molar-refractivity contribution < 1.29 is 4.79 Å². The Balaban J connectivity index is 2.70. The van der Waals surface area contributed by atoms with Crippen LogP contribution in [0.4, 0.5) is 0 Å². The molecule has 13 heavy (non-hydrogen) atoms. The monoisotopic (exact) mass is 181 g/mol. The Kier molecular flexibility index (Phi) is 3.64. The summed E-state index contributed by atoms with van der Waals surface area (Å²) in [7, 11) is 0. The van der Waals surface area contributed by atoms with E-state index in [9.17, 15) is 4.79 Å². The van der Waals surface area contributed by atoms with Gasteiger partial charge in [-0.15, -0.1) is 0 Å². The highest BCUT2D eigenvalue weighted by Gasteiger charge is 2.07. The van der Waals surface area contributed by atoms with Gasteiger partial charge in [-0.05, 0) is 32.4 Å². The average Bonchev–Trinajstić information content (AvgIpc) is 2.09. The van der Waals surface area contributed by atoms with Crippen molar-refractivity contribution in [2.24, 2.45) is 4.99 Å². The molecular formula is C9H15N3O. The minimum atomic E-state index is 0.644. The van der Waals surface area contributed by atoms with Crippen molar-refractivity contribution in [1.29, 1.82) is 0 Å². The van der Waals surface area contributed by atoms with Crippen LogP contribution in [0.5, 0.6) is 0 Å². The van der Waals surface area contributed by atoms with E-state index in [-0.39, 0.29) is 0 Å². The largest absolute Gasteiger partial charge is 0.317 e. The predicted octanol–water partition coefficient (Wildman–Crippen LogP) is 0.418. The number of amides is 1. The SMILES string of the molecule is CC(=NC1=C(C)CCNC1)NC=O. The lowest BCUT2D eigenvalue weighted by molar-refractivity contribution is -0.108. The van der Waals surface area contributed by atoms with Crippen LogP contribution < -0.4 is 10.6 Å². The molecule has 4 heteroatoms. The third-order valence-electron chi connectivity index (χ3n) is 2.03. The van der Waals surface area contributed by atoms with Crippen LogP contribution >= 0.6 is 0 Å². The van der Waals surface area contributed by atoms with Crippen LogP contribution in [0.25, 0.3) is 0 Å². The molecule has 72 valence electrons. The van der Waals surface area contributed by atoms with E-state index in [4.69, 9.17) is 0 Å². The number of hydrogen-bond acceptors (Lipinski definition) is 3. The minimum Gasteiger partial charge on any atom is -0.317 e. The summed E-state index contributed by atoms with van der Waals surface area (Å²) in [6.45, 7) is 5.67. The fourth-order valence-electron chi connectivity index (χ4n) is 1.23. The third kappa shape index (κ3) is 2.99. The van der Waals surface area contributed by atoms with Crippen molar-refractivity contribution in [2.45, 2.75) is 20.3 Å². The van der Waals surface area contributed by atoms with Gasteiger partial charge in [-0.1, -0.05) is 0 Å². The van der Waals surface area contributed by atoms with Gasteiger partial charge in [0.05, 0.1) is 5.70 Å². The Morgan fingerprint density at radius 2 is 2.46 bits per heavy atom. The van der Waals surface area contributed by atoms with Gasteiger partial charge in [0.2, 0.25) is 6.41 Å². The minimum absolute atomic E-state index is 0.644. The number of nitrogens with one attached hydrogen (secondary N) is 2. The van der Waals surface area contributed by atoms with Crippen LogP contribution in [0, 0.1) is 0 Å². The molecule has 0 atom stereocenters. The number of aliphatic imine (C=N–C) groups is 1. The van der Waals surface area contributed by atoms with Gasteiger partial charge in [-0.2, -0.15) is 0 Å². The molecule has 1 heterocycles. The highest BCUT2D eigenvalue weighted by molar-refractivity contribution is 5.89. The molecule has 1 rings (SSSR count). The normalized spacial score (nSPS) is 18.8. The zero-order chi connectivity index (χ0) is 9.68. The highest BCUT2D eigenvalue weighted by atomic mass is 16.1. The molecule has 2 N–H and O–H groups in total. The second kappa shape index (κ2) is 4.77. The van der Waals surface area contributed by atoms with Gasteiger partial charge in [-0.3, -0.25) is 4.79 Å². The van der Waals surface area contributed by atoms with E-state index in [1.807, 2.05) is 0 Å². The molecule has 0 spiro atoms. The molecule has 0 aromatic carbocycles. The standard InChI is InChI=1S/C9H15N3O/c1-7-3-4-10-5-9(7)12-8(2)11-6-13/h6,10H,3-5H2,1-2H3,(H,11,12,13). The van der Waals surface area contributed by atoms with Gasteiger partial charge in [-0.25, -0.2) is 4.99 Å². The molecule has 1 amide bonds. The lowest BCUT2D eigenvalue weighted by atomic mass is 10.1. The van der Waals surface area contributed by atoms with E-state index in [1.54, 1.807) is 6.92 Å². The summed E-state index contributed by atoms with van der Waals surface area (Å²) in [5, 5.41) is 5.75. The molecule has 0 aromatic heterocycles. The van der Waals surface area contributed by atoms with Crippen molar-refractivity contribution in [3.05, 3.63) is 11.3 Å². The van der Waals surface area contributed by atoms with Gasteiger partial charge in [0.25, 0.3) is 0 Å². The summed E-state index contributed by atoms with van der Waals surface area (Å²) < 4.78 is 0. The Morgan fingerprint density at radius 3 is 3.08 bits per heavy atom. The van der Waals surface area contributed by atoms with E-state index in [1.165, 1.54) is 5.57 Å². The van der Waals surface area contributed by atoms with Gasteiger partial charge < -0.3 is 10.6 Å². The highest BCUT2D eigenvalue weighted by Crippen LogP contribution is 2.12. The molecule has 0 aliphatic carbocycles. The van der Waals surface area contributed by atoms with Gasteiger partial charge in [0.15, 0.2) is 0 Å². The fraction of sp³-hybridized carbons (Fsp3) is 0.556. The van der Waals surface area contributed by atoms with Gasteiger partial charge >= 0.3 is 0 Å². The molecule has 0 aromatic rings. The van der Waals surface area contributed by atoms with Gasteiger partial charge in [0.1, 0.15) is 5.84 Å². The molecule has 0 saturated carbocycles. The Bertz CT molecular complexity index is 256. The number of rotatable bonds is 2. The molecular weight excluding hydrogens is 166 g/mol.